The van der Waals surface area contributed by atoms with Gasteiger partial charge in [-0.15, -0.1) is 0 Å². The van der Waals surface area contributed by atoms with Gasteiger partial charge in [0.05, 0.1) is 17.4 Å². The number of rotatable bonds is 4. The van der Waals surface area contributed by atoms with Crippen molar-refractivity contribution in [3.8, 4) is 0 Å². The molecule has 1 saturated heterocycles. The molecule has 1 aliphatic heterocycles. The zero-order valence-electron chi connectivity index (χ0n) is 13.7. The summed E-state index contributed by atoms with van der Waals surface area (Å²) in [4.78, 5) is 13.3. The van der Waals surface area contributed by atoms with E-state index in [9.17, 15) is 0 Å². The summed E-state index contributed by atoms with van der Waals surface area (Å²) in [7, 11) is 2.07. The Morgan fingerprint density at radius 2 is 1.91 bits per heavy atom. The van der Waals surface area contributed by atoms with Crippen LogP contribution in [0.3, 0.4) is 0 Å². The first-order valence-electron chi connectivity index (χ1n) is 8.10. The van der Waals surface area contributed by atoms with Gasteiger partial charge in [0.25, 0.3) is 0 Å². The largest absolute Gasteiger partial charge is 0.341 e. The quantitative estimate of drug-likeness (QED) is 0.858. The standard InChI is InChI=1S/C18H23ClN4/c1-14-4-3-5-15(10-14)13-23-8-6-17(7-9-23)22(2)18-20-11-16(19)12-21-18/h3-5,10-12,17H,6-9,13H2,1-2H3. The molecule has 0 spiro atoms. The molecular weight excluding hydrogens is 308 g/mol. The minimum Gasteiger partial charge on any atom is -0.341 e. The Hall–Kier alpha value is -1.65. The van der Waals surface area contributed by atoms with Crippen molar-refractivity contribution in [2.24, 2.45) is 0 Å². The molecule has 122 valence electrons. The number of anilines is 1. The van der Waals surface area contributed by atoms with Gasteiger partial charge in [0.1, 0.15) is 0 Å². The van der Waals surface area contributed by atoms with Gasteiger partial charge in [-0.25, -0.2) is 9.97 Å². The highest BCUT2D eigenvalue weighted by Crippen LogP contribution is 2.21. The molecule has 1 aromatic carbocycles. The van der Waals surface area contributed by atoms with E-state index in [1.807, 2.05) is 0 Å². The Labute approximate surface area is 143 Å². The molecule has 5 heteroatoms. The van der Waals surface area contributed by atoms with Crippen molar-refractivity contribution in [3.05, 3.63) is 52.8 Å². The number of likely N-dealkylation sites (tertiary alicyclic amines) is 1. The summed E-state index contributed by atoms with van der Waals surface area (Å²) in [5.41, 5.74) is 2.73. The molecule has 0 radical (unpaired) electrons. The second kappa shape index (κ2) is 7.28. The second-order valence-electron chi connectivity index (χ2n) is 6.31. The van der Waals surface area contributed by atoms with Crippen molar-refractivity contribution in [2.45, 2.75) is 32.4 Å². The van der Waals surface area contributed by atoms with E-state index in [-0.39, 0.29) is 0 Å². The van der Waals surface area contributed by atoms with Crippen molar-refractivity contribution < 1.29 is 0 Å². The van der Waals surface area contributed by atoms with Gasteiger partial charge in [0, 0.05) is 32.7 Å². The van der Waals surface area contributed by atoms with Crippen LogP contribution in [0.4, 0.5) is 5.95 Å². The van der Waals surface area contributed by atoms with Crippen LogP contribution >= 0.6 is 11.6 Å². The molecule has 1 fully saturated rings. The Morgan fingerprint density at radius 3 is 2.57 bits per heavy atom. The van der Waals surface area contributed by atoms with Crippen molar-refractivity contribution in [1.82, 2.24) is 14.9 Å². The summed E-state index contributed by atoms with van der Waals surface area (Å²) < 4.78 is 0. The molecule has 2 heterocycles. The first-order chi connectivity index (χ1) is 11.1. The third-order valence-electron chi connectivity index (χ3n) is 4.52. The second-order valence-corrected chi connectivity index (χ2v) is 6.74. The SMILES string of the molecule is Cc1cccc(CN2CCC(N(C)c3ncc(Cl)cn3)CC2)c1. The smallest absolute Gasteiger partial charge is 0.225 e. The maximum absolute atomic E-state index is 5.86. The van der Waals surface area contributed by atoms with Gasteiger partial charge < -0.3 is 4.90 Å². The first kappa shape index (κ1) is 16.2. The lowest BCUT2D eigenvalue weighted by Crippen LogP contribution is -2.43. The van der Waals surface area contributed by atoms with Crippen LogP contribution in [0.15, 0.2) is 36.7 Å². The molecule has 0 saturated carbocycles. The summed E-state index contributed by atoms with van der Waals surface area (Å²) in [6.07, 6.45) is 5.59. The molecule has 0 N–H and O–H groups in total. The van der Waals surface area contributed by atoms with Gasteiger partial charge in [-0.3, -0.25) is 4.90 Å². The normalized spacial score (nSPS) is 16.5. The predicted octanol–water partition coefficient (Wildman–Crippen LogP) is 3.54. The van der Waals surface area contributed by atoms with Crippen LogP contribution in [-0.2, 0) is 6.54 Å². The molecule has 1 aromatic heterocycles. The zero-order valence-corrected chi connectivity index (χ0v) is 14.5. The average molecular weight is 331 g/mol. The molecule has 0 atom stereocenters. The van der Waals surface area contributed by atoms with Gasteiger partial charge in [-0.2, -0.15) is 0 Å². The van der Waals surface area contributed by atoms with Gasteiger partial charge in [0.15, 0.2) is 0 Å². The Balaban J connectivity index is 1.54. The van der Waals surface area contributed by atoms with Crippen LogP contribution in [0.1, 0.15) is 24.0 Å². The van der Waals surface area contributed by atoms with E-state index < -0.39 is 0 Å². The molecule has 0 amide bonds. The van der Waals surface area contributed by atoms with E-state index in [1.54, 1.807) is 12.4 Å². The number of benzene rings is 1. The van der Waals surface area contributed by atoms with E-state index in [4.69, 9.17) is 11.6 Å². The molecule has 2 aromatic rings. The van der Waals surface area contributed by atoms with Crippen LogP contribution in [0.25, 0.3) is 0 Å². The van der Waals surface area contributed by atoms with Crippen molar-refractivity contribution >= 4 is 17.5 Å². The molecule has 1 aliphatic rings. The number of halogens is 1. The van der Waals surface area contributed by atoms with Crippen LogP contribution in [0.5, 0.6) is 0 Å². The molecule has 4 nitrogen and oxygen atoms in total. The molecule has 0 unspecified atom stereocenters. The lowest BCUT2D eigenvalue weighted by atomic mass is 10.0. The van der Waals surface area contributed by atoms with E-state index in [1.165, 1.54) is 11.1 Å². The van der Waals surface area contributed by atoms with E-state index >= 15 is 0 Å². The highest BCUT2D eigenvalue weighted by atomic mass is 35.5. The number of aromatic nitrogens is 2. The van der Waals surface area contributed by atoms with Crippen LogP contribution in [0.2, 0.25) is 5.02 Å². The maximum Gasteiger partial charge on any atom is 0.225 e. The van der Waals surface area contributed by atoms with E-state index in [0.717, 1.165) is 38.4 Å². The Kier molecular flexibility index (Phi) is 5.13. The number of hydrogen-bond acceptors (Lipinski definition) is 4. The van der Waals surface area contributed by atoms with Gasteiger partial charge in [-0.1, -0.05) is 41.4 Å². The molecular formula is C18H23ClN4. The molecule has 0 aliphatic carbocycles. The predicted molar refractivity (Wildman–Crippen MR) is 94.9 cm³/mol. The van der Waals surface area contributed by atoms with Crippen LogP contribution in [0, 0.1) is 6.92 Å². The number of hydrogen-bond donors (Lipinski definition) is 0. The minimum absolute atomic E-state index is 0.491. The number of nitrogens with zero attached hydrogens (tertiary/aromatic N) is 4. The van der Waals surface area contributed by atoms with Crippen molar-refractivity contribution in [1.29, 1.82) is 0 Å². The number of piperidine rings is 1. The lowest BCUT2D eigenvalue weighted by Gasteiger charge is -2.36. The summed E-state index contributed by atoms with van der Waals surface area (Å²) in [6, 6.07) is 9.27. The van der Waals surface area contributed by atoms with Crippen molar-refractivity contribution in [2.75, 3.05) is 25.0 Å². The molecule has 0 bridgehead atoms. The molecule has 23 heavy (non-hydrogen) atoms. The Morgan fingerprint density at radius 1 is 1.22 bits per heavy atom. The fraction of sp³-hybridized carbons (Fsp3) is 0.444. The summed E-state index contributed by atoms with van der Waals surface area (Å²) >= 11 is 5.86. The van der Waals surface area contributed by atoms with Crippen LogP contribution < -0.4 is 4.90 Å². The van der Waals surface area contributed by atoms with E-state index in [0.29, 0.717) is 11.1 Å². The highest BCUT2D eigenvalue weighted by Gasteiger charge is 2.23. The fourth-order valence-electron chi connectivity index (χ4n) is 3.18. The third kappa shape index (κ3) is 4.21. The third-order valence-corrected chi connectivity index (χ3v) is 4.71. The van der Waals surface area contributed by atoms with Crippen molar-refractivity contribution in [3.63, 3.8) is 0 Å². The van der Waals surface area contributed by atoms with Gasteiger partial charge in [-0.05, 0) is 25.3 Å². The Bertz CT molecular complexity index is 636. The molecule has 3 rings (SSSR count). The topological polar surface area (TPSA) is 32.3 Å². The lowest BCUT2D eigenvalue weighted by molar-refractivity contribution is 0.203. The summed E-state index contributed by atoms with van der Waals surface area (Å²) in [5, 5.41) is 0.579. The van der Waals surface area contributed by atoms with E-state index in [2.05, 4.69) is 58.0 Å². The van der Waals surface area contributed by atoms with Gasteiger partial charge >= 0.3 is 0 Å². The van der Waals surface area contributed by atoms with Crippen LogP contribution in [-0.4, -0.2) is 41.0 Å². The summed E-state index contributed by atoms with van der Waals surface area (Å²) in [5.74, 6) is 0.756. The summed E-state index contributed by atoms with van der Waals surface area (Å²) in [6.45, 7) is 5.40. The monoisotopic (exact) mass is 330 g/mol. The minimum atomic E-state index is 0.491. The number of aryl methyl sites for hydroxylation is 1. The highest BCUT2D eigenvalue weighted by molar-refractivity contribution is 6.30. The average Bonchev–Trinajstić information content (AvgIpc) is 2.56. The fourth-order valence-corrected chi connectivity index (χ4v) is 3.28. The van der Waals surface area contributed by atoms with Gasteiger partial charge in [0.2, 0.25) is 5.95 Å². The first-order valence-corrected chi connectivity index (χ1v) is 8.48. The maximum atomic E-state index is 5.86. The zero-order chi connectivity index (χ0) is 16.2.